The molecule has 0 aromatic heterocycles. The first-order valence-corrected chi connectivity index (χ1v) is 5.39. The summed E-state index contributed by atoms with van der Waals surface area (Å²) in [6.07, 6.45) is 3.08. The molecule has 0 rings (SSSR count). The fourth-order valence-electron chi connectivity index (χ4n) is 1.88. The first-order valence-electron chi connectivity index (χ1n) is 5.39. The van der Waals surface area contributed by atoms with Crippen molar-refractivity contribution in [3.8, 4) is 0 Å². The van der Waals surface area contributed by atoms with Gasteiger partial charge in [0.1, 0.15) is 0 Å². The van der Waals surface area contributed by atoms with Gasteiger partial charge in [0, 0.05) is 6.42 Å². The normalized spacial score (nSPS) is 11.3. The second-order valence-corrected chi connectivity index (χ2v) is 4.02. The highest BCUT2D eigenvalue weighted by Crippen LogP contribution is 2.36. The first-order chi connectivity index (χ1) is 6.95. The second kappa shape index (κ2) is 6.43. The average Bonchev–Trinajstić information content (AvgIpc) is 2.15. The standard InChI is InChI=1S/C11H20O4/c1-3-11(4-2,8-10(14)15)7-5-6-9(12)13/h3-8H2,1-2H3,(H,12,13)(H,14,15). The smallest absolute Gasteiger partial charge is 0.303 e. The summed E-state index contributed by atoms with van der Waals surface area (Å²) in [6, 6.07) is 0. The first kappa shape index (κ1) is 13.9. The van der Waals surface area contributed by atoms with E-state index in [0.29, 0.717) is 12.8 Å². The topological polar surface area (TPSA) is 74.6 Å². The van der Waals surface area contributed by atoms with Gasteiger partial charge in [-0.1, -0.05) is 13.8 Å². The van der Waals surface area contributed by atoms with Crippen LogP contribution in [0.15, 0.2) is 0 Å². The van der Waals surface area contributed by atoms with Crippen molar-refractivity contribution in [2.24, 2.45) is 5.41 Å². The predicted molar refractivity (Wildman–Crippen MR) is 56.8 cm³/mol. The van der Waals surface area contributed by atoms with Crippen LogP contribution in [-0.4, -0.2) is 22.2 Å². The zero-order valence-corrected chi connectivity index (χ0v) is 9.45. The Bertz CT molecular complexity index is 219. The fourth-order valence-corrected chi connectivity index (χ4v) is 1.88. The van der Waals surface area contributed by atoms with Gasteiger partial charge in [0.2, 0.25) is 0 Å². The molecule has 0 fully saturated rings. The highest BCUT2D eigenvalue weighted by molar-refractivity contribution is 5.68. The zero-order valence-electron chi connectivity index (χ0n) is 9.45. The average molecular weight is 216 g/mol. The molecule has 0 aliphatic heterocycles. The van der Waals surface area contributed by atoms with Crippen molar-refractivity contribution >= 4 is 11.9 Å². The van der Waals surface area contributed by atoms with Crippen LogP contribution in [0, 0.1) is 5.41 Å². The van der Waals surface area contributed by atoms with Crippen LogP contribution in [0.1, 0.15) is 52.4 Å². The highest BCUT2D eigenvalue weighted by Gasteiger charge is 2.28. The van der Waals surface area contributed by atoms with E-state index >= 15 is 0 Å². The minimum atomic E-state index is -0.813. The molecule has 0 radical (unpaired) electrons. The molecule has 0 aliphatic rings. The van der Waals surface area contributed by atoms with Gasteiger partial charge in [-0.15, -0.1) is 0 Å². The van der Waals surface area contributed by atoms with Gasteiger partial charge in [0.25, 0.3) is 0 Å². The van der Waals surface area contributed by atoms with Crippen LogP contribution < -0.4 is 0 Å². The Morgan fingerprint density at radius 3 is 1.93 bits per heavy atom. The molecular formula is C11H20O4. The fraction of sp³-hybridized carbons (Fsp3) is 0.818. The van der Waals surface area contributed by atoms with E-state index in [2.05, 4.69) is 0 Å². The van der Waals surface area contributed by atoms with Gasteiger partial charge in [-0.3, -0.25) is 9.59 Å². The molecule has 15 heavy (non-hydrogen) atoms. The minimum absolute atomic E-state index is 0.126. The Morgan fingerprint density at radius 1 is 1.07 bits per heavy atom. The lowest BCUT2D eigenvalue weighted by molar-refractivity contribution is -0.140. The van der Waals surface area contributed by atoms with E-state index in [0.717, 1.165) is 12.8 Å². The lowest BCUT2D eigenvalue weighted by atomic mass is 9.75. The third kappa shape index (κ3) is 5.40. The molecule has 0 unspecified atom stereocenters. The van der Waals surface area contributed by atoms with Gasteiger partial charge >= 0.3 is 11.9 Å². The monoisotopic (exact) mass is 216 g/mol. The van der Waals surface area contributed by atoms with Crippen molar-refractivity contribution in [2.75, 3.05) is 0 Å². The summed E-state index contributed by atoms with van der Waals surface area (Å²) in [5.74, 6) is -1.61. The molecule has 0 saturated carbocycles. The summed E-state index contributed by atoms with van der Waals surface area (Å²) in [7, 11) is 0. The van der Waals surface area contributed by atoms with Crippen molar-refractivity contribution in [2.45, 2.75) is 52.4 Å². The number of carboxylic acids is 2. The Kier molecular flexibility index (Phi) is 5.97. The maximum Gasteiger partial charge on any atom is 0.303 e. The van der Waals surface area contributed by atoms with Gasteiger partial charge in [0.15, 0.2) is 0 Å². The molecule has 0 aromatic rings. The molecule has 2 N–H and O–H groups in total. The van der Waals surface area contributed by atoms with Crippen LogP contribution in [-0.2, 0) is 9.59 Å². The molecule has 0 bridgehead atoms. The van der Waals surface area contributed by atoms with Crippen molar-refractivity contribution in [1.82, 2.24) is 0 Å². The predicted octanol–water partition coefficient (Wildman–Crippen LogP) is 2.52. The third-order valence-electron chi connectivity index (χ3n) is 3.12. The van der Waals surface area contributed by atoms with Crippen LogP contribution in [0.2, 0.25) is 0 Å². The largest absolute Gasteiger partial charge is 0.481 e. The van der Waals surface area contributed by atoms with Crippen molar-refractivity contribution in [3.05, 3.63) is 0 Å². The van der Waals surface area contributed by atoms with Crippen LogP contribution in [0.5, 0.6) is 0 Å². The molecule has 4 nitrogen and oxygen atoms in total. The van der Waals surface area contributed by atoms with E-state index in [9.17, 15) is 9.59 Å². The number of carboxylic acid groups (broad SMARTS) is 2. The Balaban J connectivity index is 4.23. The van der Waals surface area contributed by atoms with E-state index in [-0.39, 0.29) is 18.3 Å². The summed E-state index contributed by atoms with van der Waals surface area (Å²) in [6.45, 7) is 3.93. The molecule has 0 aliphatic carbocycles. The lowest BCUT2D eigenvalue weighted by Crippen LogP contribution is -2.23. The van der Waals surface area contributed by atoms with E-state index in [1.165, 1.54) is 0 Å². The highest BCUT2D eigenvalue weighted by atomic mass is 16.4. The Morgan fingerprint density at radius 2 is 1.60 bits per heavy atom. The van der Waals surface area contributed by atoms with E-state index in [1.54, 1.807) is 0 Å². The summed E-state index contributed by atoms with van der Waals surface area (Å²) >= 11 is 0. The van der Waals surface area contributed by atoms with Crippen LogP contribution in [0.4, 0.5) is 0 Å². The molecular weight excluding hydrogens is 196 g/mol. The summed E-state index contributed by atoms with van der Waals surface area (Å²) < 4.78 is 0. The SMILES string of the molecule is CCC(CC)(CCCC(=O)O)CC(=O)O. The van der Waals surface area contributed by atoms with Crippen LogP contribution in [0.25, 0.3) is 0 Å². The van der Waals surface area contributed by atoms with Gasteiger partial charge in [-0.25, -0.2) is 0 Å². The number of rotatable bonds is 8. The zero-order chi connectivity index (χ0) is 11.9. The number of hydrogen-bond acceptors (Lipinski definition) is 2. The van der Waals surface area contributed by atoms with Gasteiger partial charge in [-0.2, -0.15) is 0 Å². The van der Waals surface area contributed by atoms with E-state index < -0.39 is 11.9 Å². The Hall–Kier alpha value is -1.06. The third-order valence-corrected chi connectivity index (χ3v) is 3.12. The quantitative estimate of drug-likeness (QED) is 0.653. The van der Waals surface area contributed by atoms with E-state index in [4.69, 9.17) is 10.2 Å². The van der Waals surface area contributed by atoms with Crippen molar-refractivity contribution < 1.29 is 19.8 Å². The number of hydrogen-bond donors (Lipinski definition) is 2. The summed E-state index contributed by atoms with van der Waals surface area (Å²) in [5, 5.41) is 17.3. The molecule has 0 heterocycles. The van der Waals surface area contributed by atoms with Crippen LogP contribution in [0.3, 0.4) is 0 Å². The summed E-state index contributed by atoms with van der Waals surface area (Å²) in [4.78, 5) is 21.1. The molecule has 4 heteroatoms. The molecule has 0 amide bonds. The van der Waals surface area contributed by atoms with Gasteiger partial charge in [0.05, 0.1) is 6.42 Å². The molecule has 0 saturated heterocycles. The molecule has 88 valence electrons. The Labute approximate surface area is 90.3 Å². The van der Waals surface area contributed by atoms with E-state index in [1.807, 2.05) is 13.8 Å². The maximum atomic E-state index is 10.7. The van der Waals surface area contributed by atoms with Crippen molar-refractivity contribution in [1.29, 1.82) is 0 Å². The lowest BCUT2D eigenvalue weighted by Gasteiger charge is -2.29. The van der Waals surface area contributed by atoms with Gasteiger partial charge < -0.3 is 10.2 Å². The number of carbonyl (C=O) groups is 2. The number of aliphatic carboxylic acids is 2. The summed E-state index contributed by atoms with van der Waals surface area (Å²) in [5.41, 5.74) is -0.221. The van der Waals surface area contributed by atoms with Gasteiger partial charge in [-0.05, 0) is 31.1 Å². The van der Waals surface area contributed by atoms with Crippen molar-refractivity contribution in [3.63, 3.8) is 0 Å². The molecule has 0 atom stereocenters. The molecule has 0 spiro atoms. The molecule has 0 aromatic carbocycles. The minimum Gasteiger partial charge on any atom is -0.481 e. The second-order valence-electron chi connectivity index (χ2n) is 4.02. The van der Waals surface area contributed by atoms with Crippen LogP contribution >= 0.6 is 0 Å². The maximum absolute atomic E-state index is 10.7.